The van der Waals surface area contributed by atoms with Crippen LogP contribution in [0.3, 0.4) is 0 Å². The summed E-state index contributed by atoms with van der Waals surface area (Å²) in [6.45, 7) is 13.3. The fourth-order valence-corrected chi connectivity index (χ4v) is 2.09. The Morgan fingerprint density at radius 3 is 2.43 bits per heavy atom. The monoisotopic (exact) mass is 197 g/mol. The number of hydrogen-bond donors (Lipinski definition) is 0. The molecule has 0 saturated carbocycles. The third-order valence-corrected chi connectivity index (χ3v) is 2.52. The van der Waals surface area contributed by atoms with Crippen LogP contribution < -0.4 is 0 Å². The molecule has 1 aliphatic heterocycles. The van der Waals surface area contributed by atoms with Crippen molar-refractivity contribution in [3.63, 3.8) is 0 Å². The Hall–Kier alpha value is -0.300. The van der Waals surface area contributed by atoms with E-state index < -0.39 is 0 Å². The highest BCUT2D eigenvalue weighted by Crippen LogP contribution is 2.27. The summed E-state index contributed by atoms with van der Waals surface area (Å²) >= 11 is 0. The van der Waals surface area contributed by atoms with Gasteiger partial charge in [0.1, 0.15) is 0 Å². The summed E-state index contributed by atoms with van der Waals surface area (Å²) in [6, 6.07) is 0. The van der Waals surface area contributed by atoms with Crippen LogP contribution in [0.4, 0.5) is 0 Å². The van der Waals surface area contributed by atoms with E-state index >= 15 is 0 Å². The molecule has 0 bridgehead atoms. The van der Waals surface area contributed by atoms with Crippen molar-refractivity contribution in [3.8, 4) is 0 Å². The largest absolute Gasteiger partial charge is 0.302 e. The first kappa shape index (κ1) is 13.7. The van der Waals surface area contributed by atoms with Crippen LogP contribution in [0.2, 0.25) is 0 Å². The number of hydrogen-bond acceptors (Lipinski definition) is 1. The van der Waals surface area contributed by atoms with E-state index in [1.54, 1.807) is 0 Å². The minimum Gasteiger partial charge on any atom is -0.302 e. The maximum Gasteiger partial charge on any atom is 0.0187 e. The van der Waals surface area contributed by atoms with Crippen molar-refractivity contribution in [1.29, 1.82) is 0 Å². The standard InChI is InChI=1S/C11H21N.C2H6/c1-10-8-11(2,3)6-5-7-12(4)9-10;1-2/h8H,5-7,9H2,1-4H3;1-2H3/b10-8-;. The van der Waals surface area contributed by atoms with Crippen molar-refractivity contribution in [3.05, 3.63) is 11.6 Å². The molecule has 1 aliphatic rings. The summed E-state index contributed by atoms with van der Waals surface area (Å²) in [5, 5.41) is 0. The first-order valence-electron chi connectivity index (χ1n) is 5.86. The van der Waals surface area contributed by atoms with Gasteiger partial charge in [0.05, 0.1) is 0 Å². The molecule has 1 heterocycles. The van der Waals surface area contributed by atoms with Gasteiger partial charge in [-0.3, -0.25) is 0 Å². The maximum absolute atomic E-state index is 2.43. The van der Waals surface area contributed by atoms with Crippen LogP contribution in [-0.4, -0.2) is 25.0 Å². The molecule has 1 heteroatoms. The molecule has 84 valence electrons. The van der Waals surface area contributed by atoms with Crippen molar-refractivity contribution in [2.45, 2.75) is 47.5 Å². The summed E-state index contributed by atoms with van der Waals surface area (Å²) < 4.78 is 0. The van der Waals surface area contributed by atoms with Crippen LogP contribution in [0.5, 0.6) is 0 Å². The molecule has 0 fully saturated rings. The summed E-state index contributed by atoms with van der Waals surface area (Å²) in [4.78, 5) is 2.40. The predicted octanol–water partition coefficient (Wildman–Crippen LogP) is 3.71. The normalized spacial score (nSPS) is 26.3. The van der Waals surface area contributed by atoms with Crippen LogP contribution in [-0.2, 0) is 0 Å². The number of likely N-dealkylation sites (N-methyl/N-ethyl adjacent to an activating group) is 1. The van der Waals surface area contributed by atoms with E-state index in [0.717, 1.165) is 6.54 Å². The molecule has 0 atom stereocenters. The van der Waals surface area contributed by atoms with Gasteiger partial charge in [0.15, 0.2) is 0 Å². The zero-order chi connectivity index (χ0) is 11.2. The second-order valence-electron chi connectivity index (χ2n) is 4.82. The van der Waals surface area contributed by atoms with Crippen molar-refractivity contribution < 1.29 is 0 Å². The zero-order valence-electron chi connectivity index (χ0n) is 10.9. The van der Waals surface area contributed by atoms with Gasteiger partial charge in [0.2, 0.25) is 0 Å². The van der Waals surface area contributed by atoms with Crippen molar-refractivity contribution in [2.24, 2.45) is 5.41 Å². The second kappa shape index (κ2) is 6.23. The summed E-state index contributed by atoms with van der Waals surface area (Å²) in [5.41, 5.74) is 1.94. The third kappa shape index (κ3) is 5.43. The molecule has 0 spiro atoms. The molecule has 0 saturated heterocycles. The Labute approximate surface area is 90.2 Å². The van der Waals surface area contributed by atoms with Gasteiger partial charge in [-0.25, -0.2) is 0 Å². The molecule has 0 radical (unpaired) electrons. The average molecular weight is 197 g/mol. The van der Waals surface area contributed by atoms with E-state index in [9.17, 15) is 0 Å². The van der Waals surface area contributed by atoms with E-state index in [1.165, 1.54) is 25.0 Å². The molecule has 1 nitrogen and oxygen atoms in total. The molecule has 14 heavy (non-hydrogen) atoms. The Morgan fingerprint density at radius 1 is 1.29 bits per heavy atom. The number of allylic oxidation sites excluding steroid dienone is 1. The lowest BCUT2D eigenvalue weighted by Crippen LogP contribution is -2.26. The highest BCUT2D eigenvalue weighted by Gasteiger charge is 2.17. The average Bonchev–Trinajstić information content (AvgIpc) is 2.03. The van der Waals surface area contributed by atoms with Crippen LogP contribution in [0.1, 0.15) is 47.5 Å². The van der Waals surface area contributed by atoms with Crippen molar-refractivity contribution in [2.75, 3.05) is 20.1 Å². The van der Waals surface area contributed by atoms with Gasteiger partial charge in [-0.15, -0.1) is 0 Å². The third-order valence-electron chi connectivity index (χ3n) is 2.52. The van der Waals surface area contributed by atoms with Gasteiger partial charge in [0.25, 0.3) is 0 Å². The molecule has 0 unspecified atom stereocenters. The van der Waals surface area contributed by atoms with E-state index in [4.69, 9.17) is 0 Å². The first-order valence-corrected chi connectivity index (χ1v) is 5.86. The Kier molecular flexibility index (Phi) is 6.10. The molecular weight excluding hydrogens is 170 g/mol. The Morgan fingerprint density at radius 2 is 1.86 bits per heavy atom. The van der Waals surface area contributed by atoms with E-state index in [0.29, 0.717) is 5.41 Å². The maximum atomic E-state index is 2.43. The van der Waals surface area contributed by atoms with Crippen LogP contribution >= 0.6 is 0 Å². The fraction of sp³-hybridized carbons (Fsp3) is 0.846. The van der Waals surface area contributed by atoms with Crippen LogP contribution in [0.15, 0.2) is 11.6 Å². The van der Waals surface area contributed by atoms with E-state index in [1.807, 2.05) is 13.8 Å². The summed E-state index contributed by atoms with van der Waals surface area (Å²) in [6.07, 6.45) is 5.07. The van der Waals surface area contributed by atoms with Gasteiger partial charge in [0, 0.05) is 6.54 Å². The lowest BCUT2D eigenvalue weighted by atomic mass is 9.85. The van der Waals surface area contributed by atoms with Gasteiger partial charge >= 0.3 is 0 Å². The highest BCUT2D eigenvalue weighted by molar-refractivity contribution is 5.07. The smallest absolute Gasteiger partial charge is 0.0187 e. The zero-order valence-corrected chi connectivity index (χ0v) is 10.9. The number of rotatable bonds is 0. The summed E-state index contributed by atoms with van der Waals surface area (Å²) in [5.74, 6) is 0. The predicted molar refractivity (Wildman–Crippen MR) is 65.6 cm³/mol. The lowest BCUT2D eigenvalue weighted by molar-refractivity contribution is 0.303. The second-order valence-corrected chi connectivity index (χ2v) is 4.82. The van der Waals surface area contributed by atoms with E-state index in [2.05, 4.69) is 38.8 Å². The molecule has 0 aromatic rings. The lowest BCUT2D eigenvalue weighted by Gasteiger charge is -2.28. The van der Waals surface area contributed by atoms with Crippen molar-refractivity contribution in [1.82, 2.24) is 4.90 Å². The van der Waals surface area contributed by atoms with Gasteiger partial charge in [-0.1, -0.05) is 39.3 Å². The molecule has 1 rings (SSSR count). The Balaban J connectivity index is 0.000000791. The van der Waals surface area contributed by atoms with Gasteiger partial charge in [-0.2, -0.15) is 0 Å². The van der Waals surface area contributed by atoms with E-state index in [-0.39, 0.29) is 0 Å². The molecule has 0 N–H and O–H groups in total. The van der Waals surface area contributed by atoms with Crippen molar-refractivity contribution >= 4 is 0 Å². The first-order chi connectivity index (χ1) is 6.49. The molecule has 0 aliphatic carbocycles. The quantitative estimate of drug-likeness (QED) is 0.535. The molecule has 0 aromatic heterocycles. The molecule has 0 amide bonds. The molecule has 0 aromatic carbocycles. The highest BCUT2D eigenvalue weighted by atomic mass is 15.1. The fourth-order valence-electron chi connectivity index (χ4n) is 2.09. The Bertz CT molecular complexity index is 180. The number of nitrogens with zero attached hydrogens (tertiary/aromatic N) is 1. The molecular formula is C13H27N. The minimum atomic E-state index is 0.422. The van der Waals surface area contributed by atoms with Gasteiger partial charge in [-0.05, 0) is 38.8 Å². The summed E-state index contributed by atoms with van der Waals surface area (Å²) in [7, 11) is 2.20. The SMILES string of the molecule is C/C1=C/C(C)(C)CCCN(C)C1.CC. The van der Waals surface area contributed by atoms with Gasteiger partial charge < -0.3 is 4.90 Å². The van der Waals surface area contributed by atoms with Crippen LogP contribution in [0, 0.1) is 5.41 Å². The topological polar surface area (TPSA) is 3.24 Å². The van der Waals surface area contributed by atoms with Crippen LogP contribution in [0.25, 0.3) is 0 Å². The minimum absolute atomic E-state index is 0.422.